The monoisotopic (exact) mass is 358 g/mol. The minimum Gasteiger partial charge on any atom is -0.486 e. The van der Waals surface area contributed by atoms with Gasteiger partial charge in [0.2, 0.25) is 11.8 Å². The van der Waals surface area contributed by atoms with E-state index in [-0.39, 0.29) is 0 Å². The van der Waals surface area contributed by atoms with Crippen molar-refractivity contribution in [2.75, 3.05) is 13.2 Å². The number of ether oxygens (including phenoxy) is 2. The van der Waals surface area contributed by atoms with E-state index in [2.05, 4.69) is 26.1 Å². The molecule has 2 heterocycles. The van der Waals surface area contributed by atoms with Crippen LogP contribution in [0.3, 0.4) is 0 Å². The number of benzene rings is 2. The van der Waals surface area contributed by atoms with Crippen molar-refractivity contribution in [2.24, 2.45) is 0 Å². The molecule has 0 aliphatic carbocycles. The third-order valence-corrected chi connectivity index (χ3v) is 3.83. The van der Waals surface area contributed by atoms with Gasteiger partial charge in [-0.3, -0.25) is 0 Å². The van der Waals surface area contributed by atoms with Gasteiger partial charge in [0.15, 0.2) is 11.5 Å². The fourth-order valence-corrected chi connectivity index (χ4v) is 2.49. The van der Waals surface area contributed by atoms with Crippen LogP contribution in [0.1, 0.15) is 0 Å². The molecule has 6 heteroatoms. The summed E-state index contributed by atoms with van der Waals surface area (Å²) in [5, 5.41) is 8.21. The Hall–Kier alpha value is -2.34. The van der Waals surface area contributed by atoms with Crippen LogP contribution in [-0.2, 0) is 0 Å². The Bertz CT molecular complexity index is 815. The highest BCUT2D eigenvalue weighted by atomic mass is 79.9. The van der Waals surface area contributed by atoms with Gasteiger partial charge in [-0.15, -0.1) is 10.2 Å². The predicted molar refractivity (Wildman–Crippen MR) is 83.9 cm³/mol. The second-order valence-corrected chi connectivity index (χ2v) is 5.69. The van der Waals surface area contributed by atoms with Gasteiger partial charge < -0.3 is 13.9 Å². The van der Waals surface area contributed by atoms with E-state index >= 15 is 0 Å². The Morgan fingerprint density at radius 1 is 0.773 bits per heavy atom. The van der Waals surface area contributed by atoms with Gasteiger partial charge in [0.1, 0.15) is 13.2 Å². The third-order valence-electron chi connectivity index (χ3n) is 3.31. The highest BCUT2D eigenvalue weighted by molar-refractivity contribution is 9.10. The van der Waals surface area contributed by atoms with E-state index < -0.39 is 0 Å². The minimum atomic E-state index is 0.454. The lowest BCUT2D eigenvalue weighted by Gasteiger charge is -2.18. The molecular weight excluding hydrogens is 348 g/mol. The second-order valence-electron chi connectivity index (χ2n) is 4.78. The molecule has 0 bridgehead atoms. The summed E-state index contributed by atoms with van der Waals surface area (Å²) < 4.78 is 17.8. The van der Waals surface area contributed by atoms with Crippen LogP contribution in [0.5, 0.6) is 11.5 Å². The van der Waals surface area contributed by atoms with E-state index in [0.29, 0.717) is 30.7 Å². The van der Waals surface area contributed by atoms with Crippen LogP contribution in [0.25, 0.3) is 22.9 Å². The SMILES string of the molecule is Brc1ccc(-c2nnc(-c3ccc4c(c3)OCCO4)o2)cc1. The largest absolute Gasteiger partial charge is 0.486 e. The zero-order valence-electron chi connectivity index (χ0n) is 11.5. The topological polar surface area (TPSA) is 57.4 Å². The van der Waals surface area contributed by atoms with Crippen molar-refractivity contribution in [3.05, 3.63) is 46.9 Å². The first-order chi connectivity index (χ1) is 10.8. The van der Waals surface area contributed by atoms with E-state index in [4.69, 9.17) is 13.9 Å². The molecule has 0 saturated heterocycles. The fourth-order valence-electron chi connectivity index (χ4n) is 2.23. The van der Waals surface area contributed by atoms with Crippen molar-refractivity contribution in [1.82, 2.24) is 10.2 Å². The minimum absolute atomic E-state index is 0.454. The van der Waals surface area contributed by atoms with Crippen molar-refractivity contribution in [1.29, 1.82) is 0 Å². The Kier molecular flexibility index (Phi) is 3.31. The Balaban J connectivity index is 1.68. The number of nitrogens with zero attached hydrogens (tertiary/aromatic N) is 2. The molecule has 0 atom stereocenters. The highest BCUT2D eigenvalue weighted by Gasteiger charge is 2.16. The van der Waals surface area contributed by atoms with Crippen LogP contribution in [0.2, 0.25) is 0 Å². The van der Waals surface area contributed by atoms with Gasteiger partial charge in [-0.1, -0.05) is 15.9 Å². The molecule has 110 valence electrons. The number of fused-ring (bicyclic) bond motifs is 1. The smallest absolute Gasteiger partial charge is 0.248 e. The average Bonchev–Trinajstić information content (AvgIpc) is 3.05. The summed E-state index contributed by atoms with van der Waals surface area (Å²) in [5.74, 6) is 2.38. The molecule has 22 heavy (non-hydrogen) atoms. The quantitative estimate of drug-likeness (QED) is 0.694. The third kappa shape index (κ3) is 2.46. The van der Waals surface area contributed by atoms with Crippen LogP contribution < -0.4 is 9.47 Å². The summed E-state index contributed by atoms with van der Waals surface area (Å²) >= 11 is 3.40. The van der Waals surface area contributed by atoms with Crippen LogP contribution in [0.4, 0.5) is 0 Å². The van der Waals surface area contributed by atoms with E-state index in [1.165, 1.54) is 0 Å². The van der Waals surface area contributed by atoms with Gasteiger partial charge in [0.25, 0.3) is 0 Å². The van der Waals surface area contributed by atoms with Crippen molar-refractivity contribution >= 4 is 15.9 Å². The summed E-state index contributed by atoms with van der Waals surface area (Å²) in [6.45, 7) is 1.12. The normalized spacial score (nSPS) is 13.1. The Morgan fingerprint density at radius 3 is 2.18 bits per heavy atom. The molecule has 4 rings (SSSR count). The molecule has 0 unspecified atom stereocenters. The maximum Gasteiger partial charge on any atom is 0.248 e. The first-order valence-electron chi connectivity index (χ1n) is 6.79. The van der Waals surface area contributed by atoms with Gasteiger partial charge in [-0.05, 0) is 42.5 Å². The van der Waals surface area contributed by atoms with Gasteiger partial charge in [0, 0.05) is 15.6 Å². The molecule has 5 nitrogen and oxygen atoms in total. The lowest BCUT2D eigenvalue weighted by molar-refractivity contribution is 0.171. The first kappa shape index (κ1) is 13.3. The van der Waals surface area contributed by atoms with Crippen LogP contribution in [-0.4, -0.2) is 23.4 Å². The molecule has 1 aliphatic heterocycles. The Labute approximate surface area is 135 Å². The van der Waals surface area contributed by atoms with Crippen molar-refractivity contribution in [2.45, 2.75) is 0 Å². The first-order valence-corrected chi connectivity index (χ1v) is 7.58. The zero-order valence-corrected chi connectivity index (χ0v) is 13.0. The van der Waals surface area contributed by atoms with E-state index in [1.54, 1.807) is 0 Å². The van der Waals surface area contributed by atoms with Crippen molar-refractivity contribution in [3.8, 4) is 34.4 Å². The van der Waals surface area contributed by atoms with Crippen molar-refractivity contribution < 1.29 is 13.9 Å². The maximum absolute atomic E-state index is 5.75. The average molecular weight is 359 g/mol. The van der Waals surface area contributed by atoms with Crippen LogP contribution in [0, 0.1) is 0 Å². The van der Waals surface area contributed by atoms with Gasteiger partial charge in [0.05, 0.1) is 0 Å². The van der Waals surface area contributed by atoms with Gasteiger partial charge >= 0.3 is 0 Å². The molecule has 0 radical (unpaired) electrons. The molecule has 0 spiro atoms. The molecule has 0 amide bonds. The van der Waals surface area contributed by atoms with Gasteiger partial charge in [-0.25, -0.2) is 0 Å². The fraction of sp³-hybridized carbons (Fsp3) is 0.125. The molecule has 1 aliphatic rings. The molecular formula is C16H11BrN2O3. The summed E-state index contributed by atoms with van der Waals surface area (Å²) in [6.07, 6.45) is 0. The standard InChI is InChI=1S/C16H11BrN2O3/c17-12-4-1-10(2-5-12)15-18-19-16(22-15)11-3-6-13-14(9-11)21-8-7-20-13/h1-6,9H,7-8H2. The number of aromatic nitrogens is 2. The number of rotatable bonds is 2. The summed E-state index contributed by atoms with van der Waals surface area (Å²) in [7, 11) is 0. The van der Waals surface area contributed by atoms with Crippen LogP contribution >= 0.6 is 15.9 Å². The van der Waals surface area contributed by atoms with E-state index in [9.17, 15) is 0 Å². The molecule has 2 aromatic carbocycles. The summed E-state index contributed by atoms with van der Waals surface area (Å²) in [4.78, 5) is 0. The number of hydrogen-bond donors (Lipinski definition) is 0. The number of halogens is 1. The summed E-state index contributed by atoms with van der Waals surface area (Å²) in [6, 6.07) is 13.3. The molecule has 1 aromatic heterocycles. The molecule has 0 N–H and O–H groups in total. The molecule has 3 aromatic rings. The Morgan fingerprint density at radius 2 is 1.41 bits per heavy atom. The number of hydrogen-bond acceptors (Lipinski definition) is 5. The van der Waals surface area contributed by atoms with Crippen LogP contribution in [0.15, 0.2) is 51.4 Å². The maximum atomic E-state index is 5.75. The van der Waals surface area contributed by atoms with Gasteiger partial charge in [-0.2, -0.15) is 0 Å². The van der Waals surface area contributed by atoms with Crippen molar-refractivity contribution in [3.63, 3.8) is 0 Å². The summed E-state index contributed by atoms with van der Waals surface area (Å²) in [5.41, 5.74) is 1.68. The van der Waals surface area contributed by atoms with E-state index in [0.717, 1.165) is 21.3 Å². The lowest BCUT2D eigenvalue weighted by atomic mass is 10.2. The zero-order chi connectivity index (χ0) is 14.9. The molecule has 0 saturated carbocycles. The molecule has 0 fully saturated rings. The predicted octanol–water partition coefficient (Wildman–Crippen LogP) is 3.94. The highest BCUT2D eigenvalue weighted by Crippen LogP contribution is 2.34. The lowest BCUT2D eigenvalue weighted by Crippen LogP contribution is -2.15. The second kappa shape index (κ2) is 5.46. The van der Waals surface area contributed by atoms with E-state index in [1.807, 2.05) is 42.5 Å².